The van der Waals surface area contributed by atoms with Crippen LogP contribution in [0.3, 0.4) is 0 Å². The second-order valence-corrected chi connectivity index (χ2v) is 18.3. The number of hydrogen-bond acceptors (Lipinski definition) is 4. The van der Waals surface area contributed by atoms with Crippen LogP contribution in [0.15, 0.2) is 253 Å². The van der Waals surface area contributed by atoms with Gasteiger partial charge in [-0.25, -0.2) is 4.98 Å². The van der Waals surface area contributed by atoms with Crippen LogP contribution in [-0.2, 0) is 25.7 Å². The molecule has 71 heavy (non-hydrogen) atoms. The molecule has 4 nitrogen and oxygen atoms in total. The molecular weight excluding hydrogens is 863 g/mol. The molecule has 0 aliphatic rings. The molecule has 0 N–H and O–H groups in total. The quantitative estimate of drug-likeness (QED) is 0.116. The van der Waals surface area contributed by atoms with Crippen LogP contribution in [0.4, 0.5) is 0 Å². The fraction of sp³-hybridized carbons (Fsp3) is 0.0597. The molecule has 0 amide bonds. The summed E-state index contributed by atoms with van der Waals surface area (Å²) >= 11 is 0. The Labute approximate surface area is 414 Å². The third-order valence-corrected chi connectivity index (χ3v) is 13.7. The molecular formula is C67H49N3O. The van der Waals surface area contributed by atoms with Gasteiger partial charge in [-0.2, -0.15) is 0 Å². The standard InChI is InChI=1S/C67H49N3O/c1-2-12-50(13-3-1)51-32-34-52(35-33-51)61-45-55(64-38-39-66-67(70-64)60-16-6-7-19-65(60)71-66)36-37-59(61)58-15-5-4-14-57(58)56-43-48(22-20-46-24-28-53(29-25-46)62-17-8-10-40-68-62)42-49(44-56)23-21-47-26-30-54(31-27-47)63-18-9-11-41-69-63/h1-19,24-45H,20-23H2. The molecule has 0 atom stereocenters. The van der Waals surface area contributed by atoms with E-state index in [4.69, 9.17) is 9.40 Å². The Morgan fingerprint density at radius 1 is 0.282 bits per heavy atom. The maximum absolute atomic E-state index is 6.18. The average molecular weight is 912 g/mol. The van der Waals surface area contributed by atoms with E-state index in [1.165, 1.54) is 55.6 Å². The smallest absolute Gasteiger partial charge is 0.153 e. The highest BCUT2D eigenvalue weighted by atomic mass is 16.3. The lowest BCUT2D eigenvalue weighted by Gasteiger charge is -2.18. The number of pyridine rings is 3. The molecule has 0 aliphatic heterocycles. The number of aromatic nitrogens is 3. The highest BCUT2D eigenvalue weighted by molar-refractivity contribution is 6.03. The normalized spacial score (nSPS) is 11.3. The molecule has 0 aliphatic carbocycles. The summed E-state index contributed by atoms with van der Waals surface area (Å²) in [5.74, 6) is 0. The third kappa shape index (κ3) is 9.32. The van der Waals surface area contributed by atoms with Crippen molar-refractivity contribution in [3.8, 4) is 78.3 Å². The molecule has 0 unspecified atom stereocenters. The van der Waals surface area contributed by atoms with Gasteiger partial charge in [0.15, 0.2) is 5.58 Å². The molecule has 4 heterocycles. The topological polar surface area (TPSA) is 51.8 Å². The summed E-state index contributed by atoms with van der Waals surface area (Å²) in [6.07, 6.45) is 7.40. The molecule has 0 spiro atoms. The SMILES string of the molecule is c1ccc(-c2ccc(-c3cc(-c4ccc5oc6ccccc6c5n4)ccc3-c3ccccc3-c3cc(CCc4ccc(-c5ccccn5)cc4)cc(CCc4ccc(-c5ccccn5)cc4)c3)cc2)cc1. The number of rotatable bonds is 13. The van der Waals surface area contributed by atoms with E-state index in [9.17, 15) is 0 Å². The second kappa shape index (κ2) is 19.6. The number of furan rings is 1. The Morgan fingerprint density at radius 2 is 0.803 bits per heavy atom. The minimum atomic E-state index is 0.788. The van der Waals surface area contributed by atoms with E-state index in [1.54, 1.807) is 0 Å². The van der Waals surface area contributed by atoms with E-state index in [2.05, 4.69) is 198 Å². The predicted octanol–water partition coefficient (Wildman–Crippen LogP) is 17.0. The minimum Gasteiger partial charge on any atom is -0.454 e. The lowest BCUT2D eigenvalue weighted by molar-refractivity contribution is 0.668. The Bertz CT molecular complexity index is 3670. The number of benzene rings is 8. The summed E-state index contributed by atoms with van der Waals surface area (Å²) in [6.45, 7) is 0. The molecule has 12 rings (SSSR count). The molecule has 4 heteroatoms. The van der Waals surface area contributed by atoms with Gasteiger partial charge < -0.3 is 4.42 Å². The summed E-state index contributed by atoms with van der Waals surface area (Å²) in [5, 5.41) is 1.02. The van der Waals surface area contributed by atoms with Gasteiger partial charge in [0, 0.05) is 34.5 Å². The lowest BCUT2D eigenvalue weighted by atomic mass is 9.86. The number of fused-ring (bicyclic) bond motifs is 3. The number of aryl methyl sites for hydroxylation is 4. The average Bonchev–Trinajstić information content (AvgIpc) is 3.83. The third-order valence-electron chi connectivity index (χ3n) is 13.7. The lowest BCUT2D eigenvalue weighted by Crippen LogP contribution is -1.98. The summed E-state index contributed by atoms with van der Waals surface area (Å²) in [7, 11) is 0. The molecule has 0 saturated heterocycles. The van der Waals surface area contributed by atoms with Gasteiger partial charge in [0.2, 0.25) is 0 Å². The van der Waals surface area contributed by atoms with Gasteiger partial charge in [-0.15, -0.1) is 0 Å². The largest absolute Gasteiger partial charge is 0.454 e. The summed E-state index contributed by atoms with van der Waals surface area (Å²) in [4.78, 5) is 14.4. The minimum absolute atomic E-state index is 0.788. The van der Waals surface area contributed by atoms with Crippen molar-refractivity contribution in [2.45, 2.75) is 25.7 Å². The van der Waals surface area contributed by atoms with Crippen LogP contribution in [0.1, 0.15) is 22.3 Å². The van der Waals surface area contributed by atoms with E-state index < -0.39 is 0 Å². The Morgan fingerprint density at radius 3 is 1.45 bits per heavy atom. The Balaban J connectivity index is 0.927. The van der Waals surface area contributed by atoms with Gasteiger partial charge in [0.1, 0.15) is 11.1 Å². The van der Waals surface area contributed by atoms with E-state index in [1.807, 2.05) is 60.9 Å². The number of nitrogens with zero attached hydrogens (tertiary/aromatic N) is 3. The summed E-state index contributed by atoms with van der Waals surface area (Å²) < 4.78 is 6.18. The van der Waals surface area contributed by atoms with Gasteiger partial charge in [0.25, 0.3) is 0 Å². The zero-order valence-electron chi connectivity index (χ0n) is 39.2. The highest BCUT2D eigenvalue weighted by Crippen LogP contribution is 2.42. The van der Waals surface area contributed by atoms with E-state index in [0.29, 0.717) is 0 Å². The van der Waals surface area contributed by atoms with Crippen molar-refractivity contribution in [3.63, 3.8) is 0 Å². The van der Waals surface area contributed by atoms with E-state index in [0.717, 1.165) is 92.7 Å². The first-order valence-corrected chi connectivity index (χ1v) is 24.5. The Hall–Kier alpha value is -8.99. The molecule has 0 radical (unpaired) electrons. The van der Waals surface area contributed by atoms with Crippen LogP contribution in [0, 0.1) is 0 Å². The maximum Gasteiger partial charge on any atom is 0.153 e. The van der Waals surface area contributed by atoms with E-state index in [-0.39, 0.29) is 0 Å². The van der Waals surface area contributed by atoms with Crippen LogP contribution in [0.5, 0.6) is 0 Å². The predicted molar refractivity (Wildman–Crippen MR) is 293 cm³/mol. The number of para-hydroxylation sites is 1. The van der Waals surface area contributed by atoms with Crippen LogP contribution in [0.25, 0.3) is 100 Å². The fourth-order valence-corrected chi connectivity index (χ4v) is 9.91. The zero-order chi connectivity index (χ0) is 47.3. The first-order chi connectivity index (χ1) is 35.1. The van der Waals surface area contributed by atoms with Crippen molar-refractivity contribution in [3.05, 3.63) is 271 Å². The van der Waals surface area contributed by atoms with Crippen LogP contribution >= 0.6 is 0 Å². The zero-order valence-corrected chi connectivity index (χ0v) is 39.2. The molecule has 8 aromatic carbocycles. The monoisotopic (exact) mass is 911 g/mol. The second-order valence-electron chi connectivity index (χ2n) is 18.3. The first kappa shape index (κ1) is 43.3. The van der Waals surface area contributed by atoms with E-state index >= 15 is 0 Å². The van der Waals surface area contributed by atoms with Crippen molar-refractivity contribution in [2.75, 3.05) is 0 Å². The molecule has 0 fully saturated rings. The molecule has 0 saturated carbocycles. The summed E-state index contributed by atoms with van der Waals surface area (Å²) in [5.41, 5.74) is 23.4. The molecule has 0 bridgehead atoms. The van der Waals surface area contributed by atoms with Crippen molar-refractivity contribution >= 4 is 22.1 Å². The van der Waals surface area contributed by atoms with Gasteiger partial charge in [-0.1, -0.05) is 182 Å². The van der Waals surface area contributed by atoms with Crippen molar-refractivity contribution in [2.24, 2.45) is 0 Å². The van der Waals surface area contributed by atoms with Gasteiger partial charge in [0.05, 0.1) is 17.1 Å². The first-order valence-electron chi connectivity index (χ1n) is 24.5. The number of hydrogen-bond donors (Lipinski definition) is 0. The molecule has 4 aromatic heterocycles. The highest BCUT2D eigenvalue weighted by Gasteiger charge is 2.18. The van der Waals surface area contributed by atoms with Crippen molar-refractivity contribution in [1.82, 2.24) is 15.0 Å². The van der Waals surface area contributed by atoms with Gasteiger partial charge in [-0.05, 0) is 147 Å². The Kier molecular flexibility index (Phi) is 11.9. The van der Waals surface area contributed by atoms with Crippen molar-refractivity contribution < 1.29 is 4.42 Å². The van der Waals surface area contributed by atoms with Gasteiger partial charge >= 0.3 is 0 Å². The van der Waals surface area contributed by atoms with Gasteiger partial charge in [-0.3, -0.25) is 9.97 Å². The maximum atomic E-state index is 6.18. The van der Waals surface area contributed by atoms with Crippen LogP contribution < -0.4 is 0 Å². The molecule has 338 valence electrons. The van der Waals surface area contributed by atoms with Crippen molar-refractivity contribution in [1.29, 1.82) is 0 Å². The molecule has 12 aromatic rings. The summed E-state index contributed by atoms with van der Waals surface area (Å²) in [6, 6.07) is 84.8. The van der Waals surface area contributed by atoms with Crippen LogP contribution in [-0.4, -0.2) is 15.0 Å². The van der Waals surface area contributed by atoms with Crippen LogP contribution in [0.2, 0.25) is 0 Å². The fourth-order valence-electron chi connectivity index (χ4n) is 9.91.